The van der Waals surface area contributed by atoms with E-state index in [1.807, 2.05) is 30.3 Å². The zero-order chi connectivity index (χ0) is 21.1. The fourth-order valence-corrected chi connectivity index (χ4v) is 2.73. The van der Waals surface area contributed by atoms with Gasteiger partial charge < -0.3 is 14.8 Å². The molecule has 2 aromatic carbocycles. The third kappa shape index (κ3) is 8.11. The van der Waals surface area contributed by atoms with Gasteiger partial charge in [0.25, 0.3) is 5.91 Å². The highest BCUT2D eigenvalue weighted by molar-refractivity contribution is 7.80. The Morgan fingerprint density at radius 1 is 1.07 bits per heavy atom. The summed E-state index contributed by atoms with van der Waals surface area (Å²) in [4.78, 5) is 12.7. The number of hydrogen-bond donors (Lipinski definition) is 2. The van der Waals surface area contributed by atoms with E-state index < -0.39 is 0 Å². The number of unbranched alkanes of at least 4 members (excludes halogenated alkanes) is 1. The van der Waals surface area contributed by atoms with E-state index in [1.165, 1.54) is 0 Å². The van der Waals surface area contributed by atoms with Gasteiger partial charge in [-0.1, -0.05) is 45.4 Å². The Kier molecular flexibility index (Phi) is 9.44. The molecule has 0 saturated carbocycles. The van der Waals surface area contributed by atoms with E-state index in [1.54, 1.807) is 18.2 Å². The summed E-state index contributed by atoms with van der Waals surface area (Å²) in [6.07, 6.45) is 3.01. The normalized spacial score (nSPS) is 10.5. The fourth-order valence-electron chi connectivity index (χ4n) is 2.52. The Balaban J connectivity index is 1.94. The molecule has 0 unspecified atom stereocenters. The standard InChI is InChI=1S/C23H30N2O3S/c1-4-5-14-27-19-10-8-9-18(16-19)24-23(29)25-22(26)20-11-6-7-12-21(20)28-15-13-17(2)3/h6-12,16-17H,4-5,13-15H2,1-3H3,(H2,24,25,26,29). The van der Waals surface area contributed by atoms with Gasteiger partial charge in [-0.2, -0.15) is 0 Å². The summed E-state index contributed by atoms with van der Waals surface area (Å²) in [6.45, 7) is 7.63. The smallest absolute Gasteiger partial charge is 0.261 e. The average molecular weight is 415 g/mol. The Morgan fingerprint density at radius 3 is 2.62 bits per heavy atom. The first-order valence-electron chi connectivity index (χ1n) is 10.1. The van der Waals surface area contributed by atoms with E-state index in [-0.39, 0.29) is 11.0 Å². The van der Waals surface area contributed by atoms with Crippen LogP contribution in [0.4, 0.5) is 5.69 Å². The molecule has 0 bridgehead atoms. The Morgan fingerprint density at radius 2 is 1.86 bits per heavy atom. The molecule has 0 atom stereocenters. The fraction of sp³-hybridized carbons (Fsp3) is 0.391. The molecule has 5 nitrogen and oxygen atoms in total. The molecular weight excluding hydrogens is 384 g/mol. The number of benzene rings is 2. The molecule has 0 radical (unpaired) electrons. The largest absolute Gasteiger partial charge is 0.494 e. The van der Waals surface area contributed by atoms with Crippen LogP contribution in [-0.4, -0.2) is 24.2 Å². The molecule has 0 spiro atoms. The Hall–Kier alpha value is -2.60. The van der Waals surface area contributed by atoms with Crippen LogP contribution < -0.4 is 20.1 Å². The number of amides is 1. The zero-order valence-corrected chi connectivity index (χ0v) is 18.2. The minimum atomic E-state index is -0.307. The number of ether oxygens (including phenoxy) is 2. The summed E-state index contributed by atoms with van der Waals surface area (Å²) in [5.74, 6) is 1.55. The van der Waals surface area contributed by atoms with Gasteiger partial charge in [0.2, 0.25) is 0 Å². The summed E-state index contributed by atoms with van der Waals surface area (Å²) in [7, 11) is 0. The molecule has 0 aliphatic heterocycles. The number of carbonyl (C=O) groups is 1. The van der Waals surface area contributed by atoms with Crippen LogP contribution in [0.5, 0.6) is 11.5 Å². The maximum Gasteiger partial charge on any atom is 0.261 e. The highest BCUT2D eigenvalue weighted by Crippen LogP contribution is 2.20. The van der Waals surface area contributed by atoms with Crippen molar-refractivity contribution in [2.75, 3.05) is 18.5 Å². The van der Waals surface area contributed by atoms with Crippen LogP contribution in [0.3, 0.4) is 0 Å². The lowest BCUT2D eigenvalue weighted by atomic mass is 10.1. The molecule has 29 heavy (non-hydrogen) atoms. The lowest BCUT2D eigenvalue weighted by Crippen LogP contribution is -2.34. The first-order chi connectivity index (χ1) is 14.0. The van der Waals surface area contributed by atoms with Crippen LogP contribution in [0, 0.1) is 5.92 Å². The van der Waals surface area contributed by atoms with Gasteiger partial charge in [-0.3, -0.25) is 10.1 Å². The molecule has 0 aromatic heterocycles. The van der Waals surface area contributed by atoms with Crippen molar-refractivity contribution in [2.45, 2.75) is 40.0 Å². The second kappa shape index (κ2) is 12.1. The van der Waals surface area contributed by atoms with Crippen LogP contribution in [0.2, 0.25) is 0 Å². The average Bonchev–Trinajstić information content (AvgIpc) is 2.68. The second-order valence-electron chi connectivity index (χ2n) is 7.17. The van der Waals surface area contributed by atoms with Crippen LogP contribution in [-0.2, 0) is 0 Å². The van der Waals surface area contributed by atoms with Crippen molar-refractivity contribution in [3.8, 4) is 11.5 Å². The van der Waals surface area contributed by atoms with E-state index in [0.29, 0.717) is 30.4 Å². The van der Waals surface area contributed by atoms with Crippen molar-refractivity contribution in [1.82, 2.24) is 5.32 Å². The van der Waals surface area contributed by atoms with Crippen molar-refractivity contribution < 1.29 is 14.3 Å². The van der Waals surface area contributed by atoms with E-state index in [4.69, 9.17) is 21.7 Å². The monoisotopic (exact) mass is 414 g/mol. The zero-order valence-electron chi connectivity index (χ0n) is 17.4. The highest BCUT2D eigenvalue weighted by Gasteiger charge is 2.14. The Bertz CT molecular complexity index is 808. The van der Waals surface area contributed by atoms with Gasteiger partial charge in [0.15, 0.2) is 5.11 Å². The van der Waals surface area contributed by atoms with Crippen LogP contribution >= 0.6 is 12.2 Å². The maximum atomic E-state index is 12.7. The number of nitrogens with one attached hydrogen (secondary N) is 2. The molecule has 0 fully saturated rings. The van der Waals surface area contributed by atoms with Crippen LogP contribution in [0.15, 0.2) is 48.5 Å². The number of rotatable bonds is 10. The van der Waals surface area contributed by atoms with Crippen LogP contribution in [0.1, 0.15) is 50.4 Å². The number of carbonyl (C=O) groups excluding carboxylic acids is 1. The predicted molar refractivity (Wildman–Crippen MR) is 122 cm³/mol. The van der Waals surface area contributed by atoms with Gasteiger partial charge in [0, 0.05) is 11.8 Å². The van der Waals surface area contributed by atoms with Crippen molar-refractivity contribution >= 4 is 28.9 Å². The first kappa shape index (κ1) is 22.7. The molecule has 2 N–H and O–H groups in total. The van der Waals surface area contributed by atoms with E-state index >= 15 is 0 Å². The lowest BCUT2D eigenvalue weighted by Gasteiger charge is -2.14. The molecule has 156 valence electrons. The SMILES string of the molecule is CCCCOc1cccc(NC(=S)NC(=O)c2ccccc2OCCC(C)C)c1. The predicted octanol–water partition coefficient (Wildman–Crippen LogP) is 5.42. The minimum Gasteiger partial charge on any atom is -0.494 e. The molecule has 0 heterocycles. The first-order valence-corrected chi connectivity index (χ1v) is 10.5. The summed E-state index contributed by atoms with van der Waals surface area (Å²) in [6, 6.07) is 14.7. The minimum absolute atomic E-state index is 0.220. The topological polar surface area (TPSA) is 59.6 Å². The van der Waals surface area contributed by atoms with Gasteiger partial charge >= 0.3 is 0 Å². The second-order valence-corrected chi connectivity index (χ2v) is 7.57. The summed E-state index contributed by atoms with van der Waals surface area (Å²) in [5.41, 5.74) is 1.21. The molecule has 2 rings (SSSR count). The molecule has 0 aliphatic carbocycles. The number of anilines is 1. The third-order valence-corrected chi connectivity index (χ3v) is 4.37. The number of hydrogen-bond acceptors (Lipinski definition) is 4. The molecule has 2 aromatic rings. The third-order valence-electron chi connectivity index (χ3n) is 4.17. The van der Waals surface area contributed by atoms with E-state index in [0.717, 1.165) is 30.7 Å². The summed E-state index contributed by atoms with van der Waals surface area (Å²) < 4.78 is 11.5. The highest BCUT2D eigenvalue weighted by atomic mass is 32.1. The maximum absolute atomic E-state index is 12.7. The van der Waals surface area contributed by atoms with Gasteiger partial charge in [-0.05, 0) is 55.2 Å². The van der Waals surface area contributed by atoms with Gasteiger partial charge in [-0.15, -0.1) is 0 Å². The van der Waals surface area contributed by atoms with Gasteiger partial charge in [-0.25, -0.2) is 0 Å². The quantitative estimate of drug-likeness (QED) is 0.402. The van der Waals surface area contributed by atoms with E-state index in [2.05, 4.69) is 31.4 Å². The van der Waals surface area contributed by atoms with Gasteiger partial charge in [0.05, 0.1) is 18.8 Å². The molecular formula is C23H30N2O3S. The Labute approximate surface area is 178 Å². The van der Waals surface area contributed by atoms with Crippen LogP contribution in [0.25, 0.3) is 0 Å². The van der Waals surface area contributed by atoms with Crippen molar-refractivity contribution in [1.29, 1.82) is 0 Å². The molecule has 0 aliphatic rings. The number of thiocarbonyl (C=S) groups is 1. The van der Waals surface area contributed by atoms with Crippen molar-refractivity contribution in [3.05, 3.63) is 54.1 Å². The molecule has 1 amide bonds. The lowest BCUT2D eigenvalue weighted by molar-refractivity contribution is 0.0973. The van der Waals surface area contributed by atoms with Crippen molar-refractivity contribution in [3.63, 3.8) is 0 Å². The summed E-state index contributed by atoms with van der Waals surface area (Å²) in [5, 5.41) is 5.97. The van der Waals surface area contributed by atoms with Crippen molar-refractivity contribution in [2.24, 2.45) is 5.92 Å². The summed E-state index contributed by atoms with van der Waals surface area (Å²) >= 11 is 5.30. The molecule has 0 saturated heterocycles. The van der Waals surface area contributed by atoms with Gasteiger partial charge in [0.1, 0.15) is 11.5 Å². The number of para-hydroxylation sites is 1. The van der Waals surface area contributed by atoms with E-state index in [9.17, 15) is 4.79 Å². The molecule has 6 heteroatoms.